The van der Waals surface area contributed by atoms with Crippen molar-refractivity contribution in [2.24, 2.45) is 11.7 Å². The van der Waals surface area contributed by atoms with Gasteiger partial charge in [0, 0.05) is 11.5 Å². The van der Waals surface area contributed by atoms with Crippen molar-refractivity contribution in [3.05, 3.63) is 29.8 Å². The van der Waals surface area contributed by atoms with Crippen molar-refractivity contribution in [3.63, 3.8) is 0 Å². The minimum atomic E-state index is 0.190. The molecular formula is C14H23NOS. The standard InChI is InChI=1S/C14H23NOS/c1-3-12(8-11(9-15)10-16)13-4-6-14(17-2)7-5-13/h4-7,11-12,16H,3,8-10,15H2,1-2H3. The Labute approximate surface area is 109 Å². The zero-order valence-corrected chi connectivity index (χ0v) is 11.5. The maximum Gasteiger partial charge on any atom is 0.0471 e. The van der Waals surface area contributed by atoms with E-state index in [0.29, 0.717) is 12.5 Å². The molecule has 0 aliphatic carbocycles. The summed E-state index contributed by atoms with van der Waals surface area (Å²) in [5.74, 6) is 0.729. The normalized spacial score (nSPS) is 14.6. The molecule has 1 aromatic rings. The Bertz CT molecular complexity index is 309. The Hall–Kier alpha value is -0.510. The van der Waals surface area contributed by atoms with Crippen LogP contribution in [0, 0.1) is 5.92 Å². The Morgan fingerprint density at radius 2 is 1.94 bits per heavy atom. The van der Waals surface area contributed by atoms with E-state index in [9.17, 15) is 5.11 Å². The molecule has 0 radical (unpaired) electrons. The second-order valence-electron chi connectivity index (χ2n) is 4.40. The van der Waals surface area contributed by atoms with Crippen molar-refractivity contribution in [1.82, 2.24) is 0 Å². The van der Waals surface area contributed by atoms with Gasteiger partial charge in [0.25, 0.3) is 0 Å². The van der Waals surface area contributed by atoms with Crippen molar-refractivity contribution in [2.75, 3.05) is 19.4 Å². The first-order valence-corrected chi connectivity index (χ1v) is 7.42. The van der Waals surface area contributed by atoms with Gasteiger partial charge in [-0.25, -0.2) is 0 Å². The average Bonchev–Trinajstić information content (AvgIpc) is 2.40. The van der Waals surface area contributed by atoms with Gasteiger partial charge in [-0.3, -0.25) is 0 Å². The zero-order valence-electron chi connectivity index (χ0n) is 10.7. The summed E-state index contributed by atoms with van der Waals surface area (Å²) >= 11 is 1.76. The highest BCUT2D eigenvalue weighted by Crippen LogP contribution is 2.28. The lowest BCUT2D eigenvalue weighted by Gasteiger charge is -2.20. The van der Waals surface area contributed by atoms with Crippen LogP contribution in [0.5, 0.6) is 0 Å². The first-order chi connectivity index (χ1) is 8.24. The molecule has 0 saturated heterocycles. The lowest BCUT2D eigenvalue weighted by Crippen LogP contribution is -2.20. The van der Waals surface area contributed by atoms with E-state index in [2.05, 4.69) is 37.4 Å². The van der Waals surface area contributed by atoms with Crippen molar-refractivity contribution in [2.45, 2.75) is 30.6 Å². The number of aliphatic hydroxyl groups excluding tert-OH is 1. The first-order valence-electron chi connectivity index (χ1n) is 6.20. The summed E-state index contributed by atoms with van der Waals surface area (Å²) in [4.78, 5) is 1.29. The van der Waals surface area contributed by atoms with E-state index >= 15 is 0 Å². The maximum absolute atomic E-state index is 9.22. The molecule has 0 fully saturated rings. The molecule has 96 valence electrons. The SMILES string of the molecule is CCC(CC(CN)CO)c1ccc(SC)cc1. The molecule has 3 N–H and O–H groups in total. The van der Waals surface area contributed by atoms with E-state index in [1.165, 1.54) is 10.5 Å². The highest BCUT2D eigenvalue weighted by Gasteiger charge is 2.15. The molecule has 2 atom stereocenters. The Balaban J connectivity index is 2.71. The van der Waals surface area contributed by atoms with Gasteiger partial charge in [-0.15, -0.1) is 11.8 Å². The molecule has 1 rings (SSSR count). The minimum Gasteiger partial charge on any atom is -0.396 e. The molecule has 0 amide bonds. The van der Waals surface area contributed by atoms with Crippen LogP contribution in [-0.4, -0.2) is 24.5 Å². The summed E-state index contributed by atoms with van der Waals surface area (Å²) in [7, 11) is 0. The Kier molecular flexibility index (Phi) is 6.63. The maximum atomic E-state index is 9.22. The molecular weight excluding hydrogens is 230 g/mol. The number of aliphatic hydroxyl groups is 1. The molecule has 0 aromatic heterocycles. The van der Waals surface area contributed by atoms with Crippen molar-refractivity contribution < 1.29 is 5.11 Å². The summed E-state index contributed by atoms with van der Waals surface area (Å²) in [5, 5.41) is 9.22. The molecule has 0 aliphatic rings. The highest BCUT2D eigenvalue weighted by molar-refractivity contribution is 7.98. The zero-order chi connectivity index (χ0) is 12.7. The van der Waals surface area contributed by atoms with Gasteiger partial charge >= 0.3 is 0 Å². The molecule has 0 saturated carbocycles. The number of hydrogen-bond donors (Lipinski definition) is 2. The number of hydrogen-bond acceptors (Lipinski definition) is 3. The number of rotatable bonds is 7. The van der Waals surface area contributed by atoms with E-state index in [1.54, 1.807) is 11.8 Å². The summed E-state index contributed by atoms with van der Waals surface area (Å²) in [5.41, 5.74) is 7.01. The van der Waals surface area contributed by atoms with Gasteiger partial charge < -0.3 is 10.8 Å². The van der Waals surface area contributed by atoms with Gasteiger partial charge in [-0.1, -0.05) is 19.1 Å². The van der Waals surface area contributed by atoms with E-state index in [0.717, 1.165) is 12.8 Å². The molecule has 0 spiro atoms. The first kappa shape index (κ1) is 14.6. The quantitative estimate of drug-likeness (QED) is 0.735. The van der Waals surface area contributed by atoms with Gasteiger partial charge in [-0.05, 0) is 55.2 Å². The summed E-state index contributed by atoms with van der Waals surface area (Å²) in [6, 6.07) is 8.73. The average molecular weight is 253 g/mol. The fourth-order valence-electron chi connectivity index (χ4n) is 2.06. The van der Waals surface area contributed by atoms with Gasteiger partial charge in [0.1, 0.15) is 0 Å². The van der Waals surface area contributed by atoms with Crippen molar-refractivity contribution in [3.8, 4) is 0 Å². The number of nitrogens with two attached hydrogens (primary N) is 1. The molecule has 0 aliphatic heterocycles. The predicted molar refractivity (Wildman–Crippen MR) is 75.5 cm³/mol. The predicted octanol–water partition coefficient (Wildman–Crippen LogP) is 2.86. The molecule has 0 bridgehead atoms. The van der Waals surface area contributed by atoms with Crippen LogP contribution in [0.3, 0.4) is 0 Å². The molecule has 2 nitrogen and oxygen atoms in total. The minimum absolute atomic E-state index is 0.190. The van der Waals surface area contributed by atoms with Gasteiger partial charge in [-0.2, -0.15) is 0 Å². The van der Waals surface area contributed by atoms with Crippen LogP contribution in [0.25, 0.3) is 0 Å². The van der Waals surface area contributed by atoms with Crippen LogP contribution in [0.1, 0.15) is 31.2 Å². The van der Waals surface area contributed by atoms with Crippen molar-refractivity contribution >= 4 is 11.8 Å². The fourth-order valence-corrected chi connectivity index (χ4v) is 2.47. The van der Waals surface area contributed by atoms with E-state index < -0.39 is 0 Å². The third-order valence-corrected chi connectivity index (χ3v) is 4.03. The second kappa shape index (κ2) is 7.75. The number of benzene rings is 1. The van der Waals surface area contributed by atoms with E-state index in [4.69, 9.17) is 5.73 Å². The number of thioether (sulfide) groups is 1. The largest absolute Gasteiger partial charge is 0.396 e. The lowest BCUT2D eigenvalue weighted by molar-refractivity contribution is 0.214. The Morgan fingerprint density at radius 3 is 2.35 bits per heavy atom. The van der Waals surface area contributed by atoms with Crippen LogP contribution in [0.15, 0.2) is 29.2 Å². The fraction of sp³-hybridized carbons (Fsp3) is 0.571. The van der Waals surface area contributed by atoms with Crippen LogP contribution >= 0.6 is 11.8 Å². The van der Waals surface area contributed by atoms with Crippen LogP contribution < -0.4 is 5.73 Å². The monoisotopic (exact) mass is 253 g/mol. The molecule has 1 aromatic carbocycles. The van der Waals surface area contributed by atoms with Gasteiger partial charge in [0.05, 0.1) is 0 Å². The van der Waals surface area contributed by atoms with Crippen LogP contribution in [-0.2, 0) is 0 Å². The van der Waals surface area contributed by atoms with Gasteiger partial charge in [0.2, 0.25) is 0 Å². The van der Waals surface area contributed by atoms with Crippen LogP contribution in [0.4, 0.5) is 0 Å². The Morgan fingerprint density at radius 1 is 1.29 bits per heavy atom. The summed E-state index contributed by atoms with van der Waals surface area (Å²) in [6.45, 7) is 2.95. The molecule has 3 heteroatoms. The van der Waals surface area contributed by atoms with Gasteiger partial charge in [0.15, 0.2) is 0 Å². The summed E-state index contributed by atoms with van der Waals surface area (Å²) in [6.07, 6.45) is 4.15. The lowest BCUT2D eigenvalue weighted by atomic mass is 9.87. The highest BCUT2D eigenvalue weighted by atomic mass is 32.2. The van der Waals surface area contributed by atoms with Crippen LogP contribution in [0.2, 0.25) is 0 Å². The third kappa shape index (κ3) is 4.34. The molecule has 2 unspecified atom stereocenters. The van der Waals surface area contributed by atoms with E-state index in [-0.39, 0.29) is 12.5 Å². The van der Waals surface area contributed by atoms with Crippen molar-refractivity contribution in [1.29, 1.82) is 0 Å². The smallest absolute Gasteiger partial charge is 0.0471 e. The summed E-state index contributed by atoms with van der Waals surface area (Å²) < 4.78 is 0. The molecule has 0 heterocycles. The molecule has 17 heavy (non-hydrogen) atoms. The second-order valence-corrected chi connectivity index (χ2v) is 5.28. The van der Waals surface area contributed by atoms with E-state index in [1.807, 2.05) is 0 Å². The third-order valence-electron chi connectivity index (χ3n) is 3.29. The topological polar surface area (TPSA) is 46.2 Å².